The molecule has 2 spiro atoms. The lowest BCUT2D eigenvalue weighted by atomic mass is 9.90. The van der Waals surface area contributed by atoms with Gasteiger partial charge in [-0.2, -0.15) is 8.42 Å². The van der Waals surface area contributed by atoms with Crippen molar-refractivity contribution >= 4 is 16.1 Å². The summed E-state index contributed by atoms with van der Waals surface area (Å²) in [7, 11) is -3.13. The molecule has 16 heteroatoms. The molecule has 14 atom stereocenters. The third-order valence-electron chi connectivity index (χ3n) is 21.0. The van der Waals surface area contributed by atoms with Gasteiger partial charge >= 0.3 is 5.97 Å². The van der Waals surface area contributed by atoms with Crippen LogP contribution in [-0.4, -0.2) is 147 Å². The molecule has 18 rings (SSSR count). The molecule has 0 aromatic carbocycles. The molecule has 99 heavy (non-hydrogen) atoms. The number of hydrogen-bond acceptors (Lipinski definition) is 15. The van der Waals surface area contributed by atoms with Crippen molar-refractivity contribution in [1.82, 2.24) is 0 Å². The second-order valence-corrected chi connectivity index (χ2v) is 28.9. The first kappa shape index (κ1) is 96.0. The summed E-state index contributed by atoms with van der Waals surface area (Å²) in [6.07, 6.45) is 46.8. The first-order valence-corrected chi connectivity index (χ1v) is 44.5. The van der Waals surface area contributed by atoms with Crippen molar-refractivity contribution in [2.45, 2.75) is 409 Å². The highest BCUT2D eigenvalue weighted by molar-refractivity contribution is 7.87. The van der Waals surface area contributed by atoms with Crippen LogP contribution >= 0.6 is 0 Å². The molecular weight excluding hydrogens is 1270 g/mol. The lowest BCUT2D eigenvalue weighted by molar-refractivity contribution is -0.258. The quantitative estimate of drug-likeness (QED) is 0.166. The van der Waals surface area contributed by atoms with E-state index >= 15 is 0 Å². The van der Waals surface area contributed by atoms with Crippen LogP contribution in [0.2, 0.25) is 0 Å². The molecule has 15 nitrogen and oxygen atoms in total. The van der Waals surface area contributed by atoms with Crippen LogP contribution in [0.1, 0.15) is 356 Å². The van der Waals surface area contributed by atoms with Crippen molar-refractivity contribution in [3.05, 3.63) is 0 Å². The van der Waals surface area contributed by atoms with E-state index in [1.54, 1.807) is 0 Å². The number of esters is 1. The Bertz CT molecular complexity index is 1830. The second-order valence-electron chi connectivity index (χ2n) is 27.2. The molecule has 18 aliphatic rings. The average Bonchev–Trinajstić information content (AvgIpc) is 1.59. The van der Waals surface area contributed by atoms with E-state index in [1.165, 1.54) is 173 Å². The molecule has 7 saturated carbocycles. The first-order valence-electron chi connectivity index (χ1n) is 43.0. The highest BCUT2D eigenvalue weighted by atomic mass is 32.2. The second kappa shape index (κ2) is 60.0. The molecule has 0 radical (unpaired) electrons. The number of hydrogen-bond donors (Lipinski definition) is 0. The summed E-state index contributed by atoms with van der Waals surface area (Å²) >= 11 is 0. The van der Waals surface area contributed by atoms with E-state index in [2.05, 4.69) is 0 Å². The lowest BCUT2D eigenvalue weighted by Gasteiger charge is -2.38. The largest absolute Gasteiger partial charge is 0.459 e. The maximum absolute atomic E-state index is 11.3. The van der Waals surface area contributed by atoms with Gasteiger partial charge in [-0.3, -0.25) is 8.98 Å². The lowest BCUT2D eigenvalue weighted by Crippen LogP contribution is -2.39. The molecule has 0 amide bonds. The molecule has 0 aromatic heterocycles. The summed E-state index contributed by atoms with van der Waals surface area (Å²) in [6, 6.07) is 0. The van der Waals surface area contributed by atoms with Gasteiger partial charge in [0, 0.05) is 84.3 Å². The van der Waals surface area contributed by atoms with E-state index in [0.29, 0.717) is 30.1 Å². The Morgan fingerprint density at radius 2 is 0.758 bits per heavy atom. The third kappa shape index (κ3) is 34.6. The van der Waals surface area contributed by atoms with Gasteiger partial charge in [-0.15, -0.1) is 0 Å². The van der Waals surface area contributed by atoms with E-state index in [-0.39, 0.29) is 47.0 Å². The van der Waals surface area contributed by atoms with E-state index in [0.717, 1.165) is 161 Å². The summed E-state index contributed by atoms with van der Waals surface area (Å²) in [4.78, 5) is 11.0. The van der Waals surface area contributed by atoms with Gasteiger partial charge in [-0.25, -0.2) is 0 Å². The van der Waals surface area contributed by atoms with Gasteiger partial charge in [-0.05, 0) is 197 Å². The normalized spacial score (nSPS) is 33.6. The summed E-state index contributed by atoms with van der Waals surface area (Å²) < 4.78 is 87.8. The molecule has 11 saturated heterocycles. The number of fused-ring (bicyclic) bond motifs is 5. The topological polar surface area (TPSA) is 162 Å². The SMILES string of the molecule is C1CC2COC(C1)C2.C1CCC2(CC1)OCCCCO2.C1CCCOCC1.C1CCOC1.C1CCOC2(CCCCC2)OCC1.C1CCOCC1.C1OC2CC3CC1C2C3.CC.CC.CC.CC.CC.CC.CC.CC.CC.O=C1OC2CC3CC1C2O3.O=S1(=O)OC2CC3CC2C1C3. The van der Waals surface area contributed by atoms with Crippen molar-refractivity contribution in [2.24, 2.45) is 41.4 Å². The third-order valence-corrected chi connectivity index (χ3v) is 22.8. The molecule has 18 fully saturated rings. The Balaban J connectivity index is 0.000000546. The van der Waals surface area contributed by atoms with Crippen molar-refractivity contribution < 1.29 is 69.5 Å². The van der Waals surface area contributed by atoms with Crippen LogP contribution in [0.4, 0.5) is 0 Å². The van der Waals surface area contributed by atoms with Gasteiger partial charge in [0.25, 0.3) is 10.1 Å². The Morgan fingerprint density at radius 3 is 1.13 bits per heavy atom. The van der Waals surface area contributed by atoms with Gasteiger partial charge in [-0.1, -0.05) is 157 Å². The fourth-order valence-electron chi connectivity index (χ4n) is 16.6. The zero-order valence-electron chi connectivity index (χ0n) is 68.1. The van der Waals surface area contributed by atoms with Crippen LogP contribution in [0.15, 0.2) is 0 Å². The van der Waals surface area contributed by atoms with Gasteiger partial charge in [0.1, 0.15) is 12.2 Å². The zero-order valence-corrected chi connectivity index (χ0v) is 68.9. The molecule has 0 N–H and O–H groups in total. The maximum Gasteiger partial charge on any atom is 0.312 e. The molecule has 11 aliphatic heterocycles. The zero-order chi connectivity index (χ0) is 73.6. The van der Waals surface area contributed by atoms with E-state index in [1.807, 2.05) is 125 Å². The number of ether oxygens (including phenoxy) is 11. The smallest absolute Gasteiger partial charge is 0.312 e. The van der Waals surface area contributed by atoms with Crippen LogP contribution in [0.3, 0.4) is 0 Å². The highest BCUT2D eigenvalue weighted by Crippen LogP contribution is 2.55. The van der Waals surface area contributed by atoms with Crippen molar-refractivity contribution in [3.8, 4) is 0 Å². The predicted molar refractivity (Wildman–Crippen MR) is 410 cm³/mol. The number of carbonyl (C=O) groups excluding carboxylic acids is 1. The van der Waals surface area contributed by atoms with Crippen LogP contribution in [0, 0.1) is 41.4 Å². The van der Waals surface area contributed by atoms with Gasteiger partial charge in [0.15, 0.2) is 11.6 Å². The summed E-state index contributed by atoms with van der Waals surface area (Å²) in [5.74, 6) is 4.70. The maximum atomic E-state index is 11.3. The fraction of sp³-hybridized carbons (Fsp3) is 0.988. The van der Waals surface area contributed by atoms with Crippen LogP contribution in [-0.2, 0) is 71.2 Å². The molecule has 8 bridgehead atoms. The average molecular weight is 1430 g/mol. The number of carbonyl (C=O) groups is 1. The van der Waals surface area contributed by atoms with Gasteiger partial charge in [0.2, 0.25) is 0 Å². The Labute approximate surface area is 612 Å². The van der Waals surface area contributed by atoms with E-state index in [9.17, 15) is 13.2 Å². The highest BCUT2D eigenvalue weighted by Gasteiger charge is 2.60. The molecule has 14 unspecified atom stereocenters. The van der Waals surface area contributed by atoms with Crippen molar-refractivity contribution in [3.63, 3.8) is 0 Å². The van der Waals surface area contributed by atoms with Crippen molar-refractivity contribution in [2.75, 3.05) is 79.3 Å². The van der Waals surface area contributed by atoms with Crippen LogP contribution in [0.25, 0.3) is 0 Å². The van der Waals surface area contributed by atoms with Crippen LogP contribution < -0.4 is 0 Å². The monoisotopic (exact) mass is 1430 g/mol. The summed E-state index contributed by atoms with van der Waals surface area (Å²) in [6.45, 7) is 47.8. The predicted octanol–water partition coefficient (Wildman–Crippen LogP) is 21.7. The minimum absolute atomic E-state index is 0.0324. The standard InChI is InChI=1S/C11H20O2.C10H18O2.C8H12O.C7H10O3S.C7H8O3.C7H12O.C6H12O.C5H10O.C4H8O.9C2H6/c1-3-7-11(8-4-1)12-9-5-2-6-10-13-11;1-2-6-10(7-3-1)11-8-4-5-9-12-10;1-5-2-7-6(1)4-9-8(7)3-5;8-11(9)7-3-4-1-5(7)6(2-4)10-11;8-7-4-1-3-2-5(10-7)6(4)9-3;1-2-6-4-7(3-1)8-5-6;1-2-4-6-7-5-3-1;1-2-4-6-5-3-1;1-2-4-5-3-1;9*1-2/h1-10H2;1-9H2;5-8H,1-4H2;4-7H,1-3H2;3-6H,1-2H2;6-7H,1-5H2;1-6H2;1-5H2;1-4H2;9*1-2H3. The van der Waals surface area contributed by atoms with Crippen molar-refractivity contribution in [1.29, 1.82) is 0 Å². The molecule has 7 aliphatic carbocycles. The number of rotatable bonds is 0. The molecule has 11 heterocycles. The summed E-state index contributed by atoms with van der Waals surface area (Å²) in [5.41, 5.74) is 0. The van der Waals surface area contributed by atoms with Crippen LogP contribution in [0.5, 0.6) is 0 Å². The first-order chi connectivity index (χ1) is 48.7. The minimum atomic E-state index is -3.13. The molecule has 592 valence electrons. The Kier molecular flexibility index (Phi) is 58.2. The minimum Gasteiger partial charge on any atom is -0.459 e. The molecule has 0 aromatic rings. The fourth-order valence-corrected chi connectivity index (χ4v) is 18.5. The van der Waals surface area contributed by atoms with E-state index in [4.69, 9.17) is 56.3 Å². The summed E-state index contributed by atoms with van der Waals surface area (Å²) in [5, 5.41) is -0.133. The Morgan fingerprint density at radius 1 is 0.343 bits per heavy atom. The Hall–Kier alpha value is -1.02. The molecular formula is C83H164O15S. The van der Waals surface area contributed by atoms with E-state index < -0.39 is 10.1 Å². The van der Waals surface area contributed by atoms with Gasteiger partial charge in [0.05, 0.1) is 68.6 Å². The van der Waals surface area contributed by atoms with Gasteiger partial charge < -0.3 is 52.1 Å².